The molecule has 0 saturated heterocycles. The minimum atomic E-state index is -0.852. The third kappa shape index (κ3) is 5.18. The molecule has 0 heterocycles. The Morgan fingerprint density at radius 2 is 1.68 bits per heavy atom. The first-order valence-corrected chi connectivity index (χ1v) is 8.64. The standard InChI is InChI=1S/C21H25NO3/c1-4-10-19(17-12-6-5-7-13-17)22-20(23)16(3)25-21(24)18-14-9-8-11-15(18)2/h5-9,11-14,16,19H,4,10H2,1-3H3,(H,22,23). The molecule has 0 bridgehead atoms. The van der Waals surface area contributed by atoms with Crippen molar-refractivity contribution in [2.45, 2.75) is 45.8 Å². The summed E-state index contributed by atoms with van der Waals surface area (Å²) in [4.78, 5) is 24.7. The van der Waals surface area contributed by atoms with E-state index in [0.29, 0.717) is 5.56 Å². The predicted molar refractivity (Wildman–Crippen MR) is 98.3 cm³/mol. The Kier molecular flexibility index (Phi) is 6.75. The second-order valence-electron chi connectivity index (χ2n) is 6.12. The number of carbonyl (C=O) groups excluding carboxylic acids is 2. The van der Waals surface area contributed by atoms with Gasteiger partial charge in [-0.15, -0.1) is 0 Å². The lowest BCUT2D eigenvalue weighted by molar-refractivity contribution is -0.129. The second-order valence-corrected chi connectivity index (χ2v) is 6.12. The summed E-state index contributed by atoms with van der Waals surface area (Å²) >= 11 is 0. The van der Waals surface area contributed by atoms with Crippen LogP contribution >= 0.6 is 0 Å². The van der Waals surface area contributed by atoms with Crippen molar-refractivity contribution in [1.29, 1.82) is 0 Å². The lowest BCUT2D eigenvalue weighted by Crippen LogP contribution is -2.38. The fraction of sp³-hybridized carbons (Fsp3) is 0.333. The maximum atomic E-state index is 12.5. The molecular weight excluding hydrogens is 314 g/mol. The van der Waals surface area contributed by atoms with Gasteiger partial charge in [-0.1, -0.05) is 61.9 Å². The zero-order valence-corrected chi connectivity index (χ0v) is 15.0. The molecule has 2 aromatic carbocycles. The van der Waals surface area contributed by atoms with Gasteiger partial charge < -0.3 is 10.1 Å². The average molecular weight is 339 g/mol. The molecule has 4 nitrogen and oxygen atoms in total. The number of hydrogen-bond acceptors (Lipinski definition) is 3. The van der Waals surface area contributed by atoms with Crippen LogP contribution < -0.4 is 5.32 Å². The molecule has 0 fully saturated rings. The summed E-state index contributed by atoms with van der Waals surface area (Å²) in [6, 6.07) is 16.9. The highest BCUT2D eigenvalue weighted by Gasteiger charge is 2.22. The number of carbonyl (C=O) groups is 2. The summed E-state index contributed by atoms with van der Waals surface area (Å²) in [6.07, 6.45) is 0.918. The number of rotatable bonds is 7. The van der Waals surface area contributed by atoms with E-state index < -0.39 is 12.1 Å². The molecule has 1 amide bonds. The van der Waals surface area contributed by atoms with Gasteiger partial charge in [-0.25, -0.2) is 4.79 Å². The Hall–Kier alpha value is -2.62. The van der Waals surface area contributed by atoms with Crippen LogP contribution in [-0.2, 0) is 9.53 Å². The molecule has 4 heteroatoms. The minimum absolute atomic E-state index is 0.0849. The molecule has 25 heavy (non-hydrogen) atoms. The molecule has 0 radical (unpaired) electrons. The first kappa shape index (κ1) is 18.7. The van der Waals surface area contributed by atoms with Crippen molar-refractivity contribution in [3.63, 3.8) is 0 Å². The highest BCUT2D eigenvalue weighted by atomic mass is 16.5. The van der Waals surface area contributed by atoms with Gasteiger partial charge in [0, 0.05) is 0 Å². The van der Waals surface area contributed by atoms with Crippen LogP contribution in [0.15, 0.2) is 54.6 Å². The predicted octanol–water partition coefficient (Wildman–Crippen LogP) is 4.20. The molecule has 0 aromatic heterocycles. The van der Waals surface area contributed by atoms with Gasteiger partial charge in [0.1, 0.15) is 0 Å². The van der Waals surface area contributed by atoms with Crippen molar-refractivity contribution in [2.75, 3.05) is 0 Å². The number of nitrogens with one attached hydrogen (secondary N) is 1. The van der Waals surface area contributed by atoms with Crippen LogP contribution in [0.3, 0.4) is 0 Å². The fourth-order valence-electron chi connectivity index (χ4n) is 2.66. The lowest BCUT2D eigenvalue weighted by Gasteiger charge is -2.21. The van der Waals surface area contributed by atoms with Crippen LogP contribution in [0.25, 0.3) is 0 Å². The largest absolute Gasteiger partial charge is 0.449 e. The Morgan fingerprint density at radius 3 is 2.32 bits per heavy atom. The Bertz CT molecular complexity index is 712. The zero-order chi connectivity index (χ0) is 18.2. The molecule has 2 unspecified atom stereocenters. The normalized spacial score (nSPS) is 12.9. The molecule has 2 rings (SSSR count). The first-order chi connectivity index (χ1) is 12.0. The Balaban J connectivity index is 2.01. The van der Waals surface area contributed by atoms with Crippen molar-refractivity contribution < 1.29 is 14.3 Å². The summed E-state index contributed by atoms with van der Waals surface area (Å²) in [6.45, 7) is 5.51. The molecule has 0 aliphatic heterocycles. The summed E-state index contributed by atoms with van der Waals surface area (Å²) in [5.74, 6) is -0.767. The lowest BCUT2D eigenvalue weighted by atomic mass is 10.0. The van der Waals surface area contributed by atoms with E-state index >= 15 is 0 Å². The van der Waals surface area contributed by atoms with Gasteiger partial charge in [0.05, 0.1) is 11.6 Å². The van der Waals surface area contributed by atoms with Crippen molar-refractivity contribution in [2.24, 2.45) is 0 Å². The molecule has 0 spiro atoms. The van der Waals surface area contributed by atoms with E-state index in [1.165, 1.54) is 0 Å². The highest BCUT2D eigenvalue weighted by molar-refractivity contribution is 5.93. The third-order valence-electron chi connectivity index (χ3n) is 4.11. The van der Waals surface area contributed by atoms with Crippen LogP contribution in [0.1, 0.15) is 54.2 Å². The smallest absolute Gasteiger partial charge is 0.339 e. The van der Waals surface area contributed by atoms with Crippen LogP contribution in [0.5, 0.6) is 0 Å². The summed E-state index contributed by atoms with van der Waals surface area (Å²) in [5.41, 5.74) is 2.36. The van der Waals surface area contributed by atoms with E-state index in [4.69, 9.17) is 4.74 Å². The van der Waals surface area contributed by atoms with E-state index in [2.05, 4.69) is 12.2 Å². The SMILES string of the molecule is CCCC(NC(=O)C(C)OC(=O)c1ccccc1C)c1ccccc1. The molecule has 0 aliphatic carbocycles. The number of amides is 1. The van der Waals surface area contributed by atoms with Gasteiger partial charge >= 0.3 is 5.97 Å². The van der Waals surface area contributed by atoms with E-state index in [-0.39, 0.29) is 11.9 Å². The Morgan fingerprint density at radius 1 is 1.04 bits per heavy atom. The van der Waals surface area contributed by atoms with Crippen LogP contribution in [0.4, 0.5) is 0 Å². The molecule has 2 aromatic rings. The fourth-order valence-corrected chi connectivity index (χ4v) is 2.66. The molecule has 1 N–H and O–H groups in total. The van der Waals surface area contributed by atoms with Crippen LogP contribution in [-0.4, -0.2) is 18.0 Å². The van der Waals surface area contributed by atoms with E-state index in [9.17, 15) is 9.59 Å². The van der Waals surface area contributed by atoms with Gasteiger partial charge in [0.25, 0.3) is 5.91 Å². The molecule has 2 atom stereocenters. The van der Waals surface area contributed by atoms with E-state index in [1.807, 2.05) is 49.4 Å². The van der Waals surface area contributed by atoms with Crippen molar-refractivity contribution >= 4 is 11.9 Å². The van der Waals surface area contributed by atoms with Crippen molar-refractivity contribution in [3.05, 3.63) is 71.3 Å². The number of ether oxygens (including phenoxy) is 1. The molecule has 0 saturated carbocycles. The molecule has 0 aliphatic rings. The number of benzene rings is 2. The van der Waals surface area contributed by atoms with Crippen molar-refractivity contribution in [1.82, 2.24) is 5.32 Å². The summed E-state index contributed by atoms with van der Waals surface area (Å²) in [5, 5.41) is 2.99. The third-order valence-corrected chi connectivity index (χ3v) is 4.11. The highest BCUT2D eigenvalue weighted by Crippen LogP contribution is 2.18. The van der Waals surface area contributed by atoms with Crippen molar-refractivity contribution in [3.8, 4) is 0 Å². The number of esters is 1. The zero-order valence-electron chi connectivity index (χ0n) is 15.0. The number of hydrogen-bond donors (Lipinski definition) is 1. The van der Waals surface area contributed by atoms with Crippen LogP contribution in [0, 0.1) is 6.92 Å². The molecular formula is C21H25NO3. The first-order valence-electron chi connectivity index (χ1n) is 8.64. The topological polar surface area (TPSA) is 55.4 Å². The second kappa shape index (κ2) is 9.02. The van der Waals surface area contributed by atoms with Gasteiger partial charge in [0.2, 0.25) is 0 Å². The average Bonchev–Trinajstić information content (AvgIpc) is 2.62. The van der Waals surface area contributed by atoms with Gasteiger partial charge in [-0.2, -0.15) is 0 Å². The Labute approximate surface area is 149 Å². The summed E-state index contributed by atoms with van der Waals surface area (Å²) in [7, 11) is 0. The number of aryl methyl sites for hydroxylation is 1. The van der Waals surface area contributed by atoms with Gasteiger partial charge in [0.15, 0.2) is 6.10 Å². The maximum Gasteiger partial charge on any atom is 0.339 e. The maximum absolute atomic E-state index is 12.5. The van der Waals surface area contributed by atoms with E-state index in [1.54, 1.807) is 19.1 Å². The monoisotopic (exact) mass is 339 g/mol. The minimum Gasteiger partial charge on any atom is -0.449 e. The summed E-state index contributed by atoms with van der Waals surface area (Å²) < 4.78 is 5.34. The van der Waals surface area contributed by atoms with Gasteiger partial charge in [-0.3, -0.25) is 4.79 Å². The molecule has 132 valence electrons. The van der Waals surface area contributed by atoms with Gasteiger partial charge in [-0.05, 0) is 37.5 Å². The quantitative estimate of drug-likeness (QED) is 0.769. The van der Waals surface area contributed by atoms with E-state index in [0.717, 1.165) is 24.0 Å². The van der Waals surface area contributed by atoms with Crippen LogP contribution in [0.2, 0.25) is 0 Å².